The molecule has 3 amide bonds. The minimum atomic E-state index is -0.591. The van der Waals surface area contributed by atoms with Gasteiger partial charge in [-0.1, -0.05) is 30.3 Å². The fourth-order valence-electron chi connectivity index (χ4n) is 2.41. The molecule has 2 aliphatic heterocycles. The second kappa shape index (κ2) is 7.42. The Kier molecular flexibility index (Phi) is 5.27. The van der Waals surface area contributed by atoms with Gasteiger partial charge in [-0.05, 0) is 23.4 Å². The minimum Gasteiger partial charge on any atom is -0.390 e. The van der Waals surface area contributed by atoms with Crippen molar-refractivity contribution in [3.63, 3.8) is 0 Å². The van der Waals surface area contributed by atoms with E-state index in [1.165, 1.54) is 0 Å². The molecule has 2 N–H and O–H groups in total. The van der Waals surface area contributed by atoms with E-state index in [9.17, 15) is 19.5 Å². The molecule has 0 saturated carbocycles. The van der Waals surface area contributed by atoms with Crippen molar-refractivity contribution in [1.29, 1.82) is 0 Å². The third kappa shape index (κ3) is 3.82. The van der Waals surface area contributed by atoms with Gasteiger partial charge in [0.2, 0.25) is 5.91 Å². The standard InChI is InChI=1S/C16H16N2O4S2/c19-12-9-23-8-11(12)17-14(20)7-18-15(21)13(24-16(18)22)6-10-4-2-1-3-5-10/h1-6,11-12,19H,7-9H2,(H,17,20). The van der Waals surface area contributed by atoms with Crippen molar-refractivity contribution < 1.29 is 19.5 Å². The maximum Gasteiger partial charge on any atom is 0.294 e. The van der Waals surface area contributed by atoms with Crippen molar-refractivity contribution in [3.8, 4) is 0 Å². The Bertz CT molecular complexity index is 693. The third-order valence-electron chi connectivity index (χ3n) is 3.67. The molecule has 0 radical (unpaired) electrons. The lowest BCUT2D eigenvalue weighted by molar-refractivity contribution is -0.129. The average Bonchev–Trinajstić information content (AvgIpc) is 3.07. The number of nitrogens with one attached hydrogen (secondary N) is 1. The number of thioether (sulfide) groups is 2. The highest BCUT2D eigenvalue weighted by atomic mass is 32.2. The van der Waals surface area contributed by atoms with E-state index in [4.69, 9.17) is 0 Å². The monoisotopic (exact) mass is 364 g/mol. The van der Waals surface area contributed by atoms with Crippen molar-refractivity contribution in [2.45, 2.75) is 12.1 Å². The Labute approximate surface area is 147 Å². The van der Waals surface area contributed by atoms with Crippen LogP contribution in [0.5, 0.6) is 0 Å². The summed E-state index contributed by atoms with van der Waals surface area (Å²) in [5, 5.41) is 11.9. The van der Waals surface area contributed by atoms with Crippen LogP contribution in [0, 0.1) is 0 Å². The molecular formula is C16H16N2O4S2. The Balaban J connectivity index is 1.64. The maximum absolute atomic E-state index is 12.3. The summed E-state index contributed by atoms with van der Waals surface area (Å²) in [5.74, 6) is 0.296. The first-order valence-electron chi connectivity index (χ1n) is 7.40. The number of imide groups is 1. The van der Waals surface area contributed by atoms with Gasteiger partial charge in [0.05, 0.1) is 17.1 Å². The van der Waals surface area contributed by atoms with Crippen LogP contribution >= 0.6 is 23.5 Å². The average molecular weight is 364 g/mol. The SMILES string of the molecule is O=C(CN1C(=O)SC(=Cc2ccccc2)C1=O)NC1CSCC1O. The summed E-state index contributed by atoms with van der Waals surface area (Å²) < 4.78 is 0. The predicted octanol–water partition coefficient (Wildman–Crippen LogP) is 1.32. The van der Waals surface area contributed by atoms with Crippen LogP contribution in [-0.4, -0.2) is 57.3 Å². The van der Waals surface area contributed by atoms with E-state index >= 15 is 0 Å². The number of hydrogen-bond acceptors (Lipinski definition) is 6. The van der Waals surface area contributed by atoms with Gasteiger partial charge in [0.15, 0.2) is 0 Å². The van der Waals surface area contributed by atoms with Crippen LogP contribution in [-0.2, 0) is 9.59 Å². The van der Waals surface area contributed by atoms with Gasteiger partial charge in [0, 0.05) is 11.5 Å². The Morgan fingerprint density at radius 3 is 2.71 bits per heavy atom. The predicted molar refractivity (Wildman–Crippen MR) is 94.4 cm³/mol. The molecule has 3 rings (SSSR count). The molecule has 1 aromatic carbocycles. The van der Waals surface area contributed by atoms with E-state index in [0.717, 1.165) is 22.2 Å². The van der Waals surface area contributed by atoms with E-state index in [1.54, 1.807) is 17.8 Å². The van der Waals surface area contributed by atoms with Crippen molar-refractivity contribution in [1.82, 2.24) is 10.2 Å². The zero-order valence-corrected chi connectivity index (χ0v) is 14.3. The van der Waals surface area contributed by atoms with E-state index in [-0.39, 0.29) is 12.6 Å². The number of carbonyl (C=O) groups is 3. The lowest BCUT2D eigenvalue weighted by Crippen LogP contribution is -2.47. The number of hydrogen-bond donors (Lipinski definition) is 2. The molecule has 2 saturated heterocycles. The topological polar surface area (TPSA) is 86.7 Å². The number of carbonyl (C=O) groups excluding carboxylic acids is 3. The molecule has 0 bridgehead atoms. The van der Waals surface area contributed by atoms with E-state index < -0.39 is 23.2 Å². The van der Waals surface area contributed by atoms with Gasteiger partial charge < -0.3 is 10.4 Å². The summed E-state index contributed by atoms with van der Waals surface area (Å²) in [6, 6.07) is 8.88. The van der Waals surface area contributed by atoms with Crippen LogP contribution in [0.2, 0.25) is 0 Å². The number of rotatable bonds is 4. The first kappa shape index (κ1) is 17.1. The number of amides is 3. The van der Waals surface area contributed by atoms with Crippen LogP contribution in [0.4, 0.5) is 4.79 Å². The van der Waals surface area contributed by atoms with Gasteiger partial charge in [-0.15, -0.1) is 0 Å². The van der Waals surface area contributed by atoms with Gasteiger partial charge in [-0.2, -0.15) is 11.8 Å². The zero-order chi connectivity index (χ0) is 17.1. The first-order chi connectivity index (χ1) is 11.5. The highest BCUT2D eigenvalue weighted by Gasteiger charge is 2.37. The molecule has 2 heterocycles. The van der Waals surface area contributed by atoms with Gasteiger partial charge in [-0.3, -0.25) is 19.3 Å². The third-order valence-corrected chi connectivity index (χ3v) is 5.75. The highest BCUT2D eigenvalue weighted by Crippen LogP contribution is 2.32. The fraction of sp³-hybridized carbons (Fsp3) is 0.312. The van der Waals surface area contributed by atoms with Crippen LogP contribution in [0.3, 0.4) is 0 Å². The molecule has 1 aromatic rings. The van der Waals surface area contributed by atoms with Gasteiger partial charge in [0.25, 0.3) is 11.1 Å². The van der Waals surface area contributed by atoms with Crippen LogP contribution in [0.15, 0.2) is 35.2 Å². The summed E-state index contributed by atoms with van der Waals surface area (Å²) in [6.07, 6.45) is 1.05. The van der Waals surface area contributed by atoms with Crippen molar-refractivity contribution in [3.05, 3.63) is 40.8 Å². The van der Waals surface area contributed by atoms with Crippen LogP contribution in [0.1, 0.15) is 5.56 Å². The fourth-order valence-corrected chi connectivity index (χ4v) is 4.42. The molecule has 2 unspecified atom stereocenters. The van der Waals surface area contributed by atoms with Crippen molar-refractivity contribution in [2.24, 2.45) is 0 Å². The summed E-state index contributed by atoms with van der Waals surface area (Å²) in [4.78, 5) is 37.6. The van der Waals surface area contributed by atoms with Gasteiger partial charge >= 0.3 is 0 Å². The molecule has 0 spiro atoms. The van der Waals surface area contributed by atoms with Gasteiger partial charge in [0.1, 0.15) is 6.54 Å². The highest BCUT2D eigenvalue weighted by molar-refractivity contribution is 8.18. The molecule has 2 atom stereocenters. The molecular weight excluding hydrogens is 348 g/mol. The number of aliphatic hydroxyl groups is 1. The Hall–Kier alpha value is -1.77. The second-order valence-corrected chi connectivity index (χ2v) is 7.53. The van der Waals surface area contributed by atoms with Crippen LogP contribution < -0.4 is 5.32 Å². The molecule has 24 heavy (non-hydrogen) atoms. The molecule has 2 aliphatic rings. The molecule has 6 nitrogen and oxygen atoms in total. The quantitative estimate of drug-likeness (QED) is 0.784. The number of nitrogens with zero attached hydrogens (tertiary/aromatic N) is 1. The molecule has 126 valence electrons. The van der Waals surface area contributed by atoms with Crippen molar-refractivity contribution in [2.75, 3.05) is 18.1 Å². The Morgan fingerprint density at radius 2 is 2.04 bits per heavy atom. The lowest BCUT2D eigenvalue weighted by atomic mass is 10.2. The van der Waals surface area contributed by atoms with E-state index in [1.807, 2.05) is 30.3 Å². The minimum absolute atomic E-state index is 0.301. The maximum atomic E-state index is 12.3. The summed E-state index contributed by atoms with van der Waals surface area (Å²) in [7, 11) is 0. The smallest absolute Gasteiger partial charge is 0.294 e. The Morgan fingerprint density at radius 1 is 1.29 bits per heavy atom. The van der Waals surface area contributed by atoms with E-state index in [2.05, 4.69) is 5.32 Å². The lowest BCUT2D eigenvalue weighted by Gasteiger charge is -2.18. The van der Waals surface area contributed by atoms with Gasteiger partial charge in [-0.25, -0.2) is 0 Å². The summed E-state index contributed by atoms with van der Waals surface area (Å²) >= 11 is 2.38. The molecule has 2 fully saturated rings. The van der Waals surface area contributed by atoms with Crippen LogP contribution in [0.25, 0.3) is 6.08 Å². The summed E-state index contributed by atoms with van der Waals surface area (Å²) in [5.41, 5.74) is 0.818. The summed E-state index contributed by atoms with van der Waals surface area (Å²) in [6.45, 7) is -0.329. The zero-order valence-electron chi connectivity index (χ0n) is 12.7. The second-order valence-electron chi connectivity index (χ2n) is 5.46. The van der Waals surface area contributed by atoms with E-state index in [0.29, 0.717) is 16.4 Å². The number of aliphatic hydroxyl groups excluding tert-OH is 1. The first-order valence-corrected chi connectivity index (χ1v) is 9.37. The largest absolute Gasteiger partial charge is 0.390 e. The molecule has 8 heteroatoms. The molecule has 0 aromatic heterocycles. The normalized spacial score (nSPS) is 25.5. The number of benzene rings is 1. The van der Waals surface area contributed by atoms with Crippen molar-refractivity contribution >= 4 is 46.7 Å². The molecule has 0 aliphatic carbocycles.